The molecule has 0 unspecified atom stereocenters. The van der Waals surface area contributed by atoms with Crippen LogP contribution in [0.5, 0.6) is 5.75 Å². The molecule has 1 aliphatic rings. The monoisotopic (exact) mass is 312 g/mol. The number of halogens is 1. The van der Waals surface area contributed by atoms with E-state index >= 15 is 0 Å². The minimum absolute atomic E-state index is 0.592. The van der Waals surface area contributed by atoms with E-state index in [9.17, 15) is 0 Å². The maximum Gasteiger partial charge on any atom is 0.122 e. The summed E-state index contributed by atoms with van der Waals surface area (Å²) in [6.45, 7) is 10.1. The fraction of sp³-hybridized carbons (Fsp3) is 0.647. The van der Waals surface area contributed by atoms with E-state index < -0.39 is 0 Å². The smallest absolute Gasteiger partial charge is 0.122 e. The molecule has 1 heterocycles. The largest absolute Gasteiger partial charge is 0.491 e. The van der Waals surface area contributed by atoms with E-state index in [1.54, 1.807) is 4.90 Å². The van der Waals surface area contributed by atoms with Crippen LogP contribution in [0.15, 0.2) is 18.2 Å². The Hall–Kier alpha value is -0.770. The van der Waals surface area contributed by atoms with E-state index in [4.69, 9.17) is 21.1 Å². The summed E-state index contributed by atoms with van der Waals surface area (Å²) in [5.74, 6) is 1.80. The first kappa shape index (κ1) is 16.6. The fourth-order valence-corrected chi connectivity index (χ4v) is 2.95. The number of aryl methyl sites for hydroxylation is 1. The predicted molar refractivity (Wildman–Crippen MR) is 86.5 cm³/mol. The third-order valence-corrected chi connectivity index (χ3v) is 4.44. The zero-order valence-electron chi connectivity index (χ0n) is 13.2. The summed E-state index contributed by atoms with van der Waals surface area (Å²) in [4.78, 5) is 1.68. The second-order valence-corrected chi connectivity index (χ2v) is 6.49. The van der Waals surface area contributed by atoms with Crippen LogP contribution in [0.2, 0.25) is 5.02 Å². The van der Waals surface area contributed by atoms with Crippen LogP contribution in [0, 0.1) is 12.8 Å². The molecule has 1 N–H and O–H groups in total. The highest BCUT2D eigenvalue weighted by molar-refractivity contribution is 6.30. The lowest BCUT2D eigenvalue weighted by atomic mass is 9.99. The van der Waals surface area contributed by atoms with Crippen LogP contribution in [0.4, 0.5) is 0 Å². The summed E-state index contributed by atoms with van der Waals surface area (Å²) in [5, 5.41) is 0.745. The Morgan fingerprint density at radius 1 is 1.19 bits per heavy atom. The molecule has 2 rings (SSSR count). The third-order valence-electron chi connectivity index (χ3n) is 4.20. The maximum absolute atomic E-state index is 5.92. The molecule has 0 saturated carbocycles. The Bertz CT molecular complexity index is 431. The molecule has 118 valence electrons. The van der Waals surface area contributed by atoms with Crippen molar-refractivity contribution in [1.29, 1.82) is 0 Å². The summed E-state index contributed by atoms with van der Waals surface area (Å²) >= 11 is 5.92. The molecule has 0 aliphatic carbocycles. The number of quaternary nitrogens is 1. The maximum atomic E-state index is 5.92. The molecule has 4 heteroatoms. The van der Waals surface area contributed by atoms with Crippen molar-refractivity contribution in [1.82, 2.24) is 0 Å². The zero-order chi connectivity index (χ0) is 15.1. The molecule has 1 aromatic carbocycles. The zero-order valence-corrected chi connectivity index (χ0v) is 13.9. The molecule has 1 aromatic rings. The second-order valence-electron chi connectivity index (χ2n) is 6.05. The van der Waals surface area contributed by atoms with Gasteiger partial charge in [0.05, 0.1) is 26.3 Å². The lowest BCUT2D eigenvalue weighted by Gasteiger charge is -2.27. The number of hydrogen-bond donors (Lipinski definition) is 1. The molecular weight excluding hydrogens is 286 g/mol. The van der Waals surface area contributed by atoms with E-state index in [-0.39, 0.29) is 0 Å². The Labute approximate surface area is 133 Å². The predicted octanol–water partition coefficient (Wildman–Crippen LogP) is 2.36. The highest BCUT2D eigenvalue weighted by Gasteiger charge is 2.18. The lowest BCUT2D eigenvalue weighted by Crippen LogP contribution is -3.13. The number of ether oxygens (including phenoxy) is 2. The first-order valence-corrected chi connectivity index (χ1v) is 8.33. The lowest BCUT2D eigenvalue weighted by molar-refractivity contribution is -0.906. The number of rotatable bonds is 7. The van der Waals surface area contributed by atoms with E-state index in [2.05, 4.69) is 6.92 Å². The SMILES string of the molecule is Cc1cc(Cl)ccc1OCCOCC[NH+]1CCC(C)CC1. The Morgan fingerprint density at radius 3 is 2.67 bits per heavy atom. The third kappa shape index (κ3) is 5.85. The van der Waals surface area contributed by atoms with Gasteiger partial charge in [-0.05, 0) is 49.4 Å². The molecule has 1 fully saturated rings. The molecule has 3 nitrogen and oxygen atoms in total. The quantitative estimate of drug-likeness (QED) is 0.781. The number of nitrogens with one attached hydrogen (secondary N) is 1. The first-order chi connectivity index (χ1) is 10.1. The molecule has 1 saturated heterocycles. The van der Waals surface area contributed by atoms with Crippen molar-refractivity contribution in [3.8, 4) is 5.75 Å². The molecule has 0 aromatic heterocycles. The Balaban J connectivity index is 1.54. The summed E-state index contributed by atoms with van der Waals surface area (Å²) in [6, 6.07) is 5.68. The summed E-state index contributed by atoms with van der Waals surface area (Å²) in [7, 11) is 0. The van der Waals surface area contributed by atoms with Crippen molar-refractivity contribution in [3.05, 3.63) is 28.8 Å². The van der Waals surface area contributed by atoms with Crippen molar-refractivity contribution >= 4 is 11.6 Å². The van der Waals surface area contributed by atoms with Crippen LogP contribution < -0.4 is 9.64 Å². The topological polar surface area (TPSA) is 22.9 Å². The van der Waals surface area contributed by atoms with Crippen molar-refractivity contribution in [2.24, 2.45) is 5.92 Å². The van der Waals surface area contributed by atoms with Gasteiger partial charge in [0, 0.05) is 5.02 Å². The standard InChI is InChI=1S/C17H26ClNO2/c1-14-5-7-19(8-6-14)9-10-20-11-12-21-17-4-3-16(18)13-15(17)2/h3-4,13-14H,5-12H2,1-2H3/p+1. The molecule has 0 atom stereocenters. The Morgan fingerprint density at radius 2 is 1.95 bits per heavy atom. The average Bonchev–Trinajstić information content (AvgIpc) is 2.46. The van der Waals surface area contributed by atoms with Gasteiger partial charge in [-0.1, -0.05) is 18.5 Å². The average molecular weight is 313 g/mol. The normalized spacial score (nSPS) is 22.2. The number of benzene rings is 1. The van der Waals surface area contributed by atoms with Crippen LogP contribution in [0.25, 0.3) is 0 Å². The number of likely N-dealkylation sites (tertiary alicyclic amines) is 1. The van der Waals surface area contributed by atoms with Gasteiger partial charge in [0.2, 0.25) is 0 Å². The summed E-state index contributed by atoms with van der Waals surface area (Å²) in [6.07, 6.45) is 2.71. The van der Waals surface area contributed by atoms with Gasteiger partial charge in [-0.25, -0.2) is 0 Å². The van der Waals surface area contributed by atoms with Crippen molar-refractivity contribution in [2.75, 3.05) is 39.5 Å². The molecule has 0 radical (unpaired) electrons. The van der Waals surface area contributed by atoms with Crippen LogP contribution >= 0.6 is 11.6 Å². The van der Waals surface area contributed by atoms with Crippen LogP contribution in [-0.2, 0) is 4.74 Å². The molecule has 0 amide bonds. The van der Waals surface area contributed by atoms with Gasteiger partial charge in [-0.2, -0.15) is 0 Å². The fourth-order valence-electron chi connectivity index (χ4n) is 2.72. The van der Waals surface area contributed by atoms with Crippen LogP contribution in [-0.4, -0.2) is 39.5 Å². The van der Waals surface area contributed by atoms with Gasteiger partial charge in [-0.3, -0.25) is 0 Å². The van der Waals surface area contributed by atoms with Gasteiger partial charge in [-0.15, -0.1) is 0 Å². The van der Waals surface area contributed by atoms with Crippen molar-refractivity contribution < 1.29 is 14.4 Å². The van der Waals surface area contributed by atoms with Gasteiger partial charge in [0.15, 0.2) is 0 Å². The summed E-state index contributed by atoms with van der Waals surface area (Å²) < 4.78 is 11.4. The molecular formula is C17H27ClNO2+. The van der Waals surface area contributed by atoms with Crippen LogP contribution in [0.1, 0.15) is 25.3 Å². The van der Waals surface area contributed by atoms with Crippen molar-refractivity contribution in [3.63, 3.8) is 0 Å². The van der Waals surface area contributed by atoms with Crippen LogP contribution in [0.3, 0.4) is 0 Å². The molecule has 0 bridgehead atoms. The van der Waals surface area contributed by atoms with E-state index in [1.165, 1.54) is 25.9 Å². The minimum Gasteiger partial charge on any atom is -0.491 e. The second kappa shape index (κ2) is 8.62. The van der Waals surface area contributed by atoms with E-state index in [0.717, 1.165) is 35.4 Å². The molecule has 1 aliphatic heterocycles. The number of hydrogen-bond acceptors (Lipinski definition) is 2. The van der Waals surface area contributed by atoms with Gasteiger partial charge < -0.3 is 14.4 Å². The number of piperidine rings is 1. The van der Waals surface area contributed by atoms with E-state index in [1.807, 2.05) is 25.1 Å². The van der Waals surface area contributed by atoms with Gasteiger partial charge in [0.25, 0.3) is 0 Å². The van der Waals surface area contributed by atoms with Crippen molar-refractivity contribution in [2.45, 2.75) is 26.7 Å². The highest BCUT2D eigenvalue weighted by atomic mass is 35.5. The highest BCUT2D eigenvalue weighted by Crippen LogP contribution is 2.21. The van der Waals surface area contributed by atoms with E-state index in [0.29, 0.717) is 13.2 Å². The first-order valence-electron chi connectivity index (χ1n) is 7.95. The molecule has 21 heavy (non-hydrogen) atoms. The minimum atomic E-state index is 0.592. The van der Waals surface area contributed by atoms with Gasteiger partial charge >= 0.3 is 0 Å². The Kier molecular flexibility index (Phi) is 6.81. The van der Waals surface area contributed by atoms with Gasteiger partial charge in [0.1, 0.15) is 18.9 Å². The summed E-state index contributed by atoms with van der Waals surface area (Å²) in [5.41, 5.74) is 1.06. The molecule has 0 spiro atoms.